The fourth-order valence-corrected chi connectivity index (χ4v) is 2.51. The second kappa shape index (κ2) is 5.21. The first kappa shape index (κ1) is 13.9. The van der Waals surface area contributed by atoms with Crippen molar-refractivity contribution in [3.63, 3.8) is 0 Å². The molecule has 2 rings (SSSR count). The zero-order valence-electron chi connectivity index (χ0n) is 11.9. The number of hydrogen-bond acceptors (Lipinski definition) is 3. The summed E-state index contributed by atoms with van der Waals surface area (Å²) in [6.45, 7) is 2.47. The summed E-state index contributed by atoms with van der Waals surface area (Å²) in [7, 11) is 4.13. The van der Waals surface area contributed by atoms with E-state index in [-0.39, 0.29) is 17.2 Å². The highest BCUT2D eigenvalue weighted by Crippen LogP contribution is 2.35. The summed E-state index contributed by atoms with van der Waals surface area (Å²) in [5.41, 5.74) is 1.45. The summed E-state index contributed by atoms with van der Waals surface area (Å²) >= 11 is 0. The van der Waals surface area contributed by atoms with Crippen LogP contribution in [0.15, 0.2) is 18.2 Å². The van der Waals surface area contributed by atoms with Gasteiger partial charge < -0.3 is 15.3 Å². The molecular formula is C15H22N2O2. The number of nitrogens with one attached hydrogen (secondary N) is 1. The van der Waals surface area contributed by atoms with E-state index in [0.29, 0.717) is 12.1 Å². The topological polar surface area (TPSA) is 52.6 Å². The van der Waals surface area contributed by atoms with Crippen molar-refractivity contribution in [2.24, 2.45) is 0 Å². The quantitative estimate of drug-likeness (QED) is 0.871. The normalized spacial score (nSPS) is 17.1. The van der Waals surface area contributed by atoms with Crippen molar-refractivity contribution in [1.29, 1.82) is 0 Å². The highest BCUT2D eigenvalue weighted by molar-refractivity contribution is 5.94. The molecule has 1 aliphatic rings. The third kappa shape index (κ3) is 2.73. The average molecular weight is 262 g/mol. The number of carbonyl (C=O) groups is 1. The maximum absolute atomic E-state index is 12.1. The SMILES string of the molecule is Cc1cc(C(=O)NCC2(N(C)C)CCC2)ccc1O. The predicted molar refractivity (Wildman–Crippen MR) is 75.4 cm³/mol. The molecule has 1 aromatic rings. The Labute approximate surface area is 114 Å². The van der Waals surface area contributed by atoms with E-state index in [1.54, 1.807) is 25.1 Å². The van der Waals surface area contributed by atoms with Crippen molar-refractivity contribution in [1.82, 2.24) is 10.2 Å². The monoisotopic (exact) mass is 262 g/mol. The standard InChI is InChI=1S/C15H22N2O2/c1-11-9-12(5-6-13(11)18)14(19)16-10-15(17(2)3)7-4-8-15/h5-6,9,18H,4,7-8,10H2,1-3H3,(H,16,19). The molecule has 1 fully saturated rings. The van der Waals surface area contributed by atoms with Gasteiger partial charge in [0.2, 0.25) is 0 Å². The third-order valence-corrected chi connectivity index (χ3v) is 4.27. The molecular weight excluding hydrogens is 240 g/mol. The van der Waals surface area contributed by atoms with Crippen molar-refractivity contribution in [3.05, 3.63) is 29.3 Å². The minimum absolute atomic E-state index is 0.0729. The third-order valence-electron chi connectivity index (χ3n) is 4.27. The van der Waals surface area contributed by atoms with Crippen LogP contribution in [0.5, 0.6) is 5.75 Å². The number of rotatable bonds is 4. The summed E-state index contributed by atoms with van der Waals surface area (Å²) in [6, 6.07) is 4.93. The molecule has 19 heavy (non-hydrogen) atoms. The van der Waals surface area contributed by atoms with E-state index in [4.69, 9.17) is 0 Å². The number of hydrogen-bond donors (Lipinski definition) is 2. The summed E-state index contributed by atoms with van der Waals surface area (Å²) in [5, 5.41) is 12.5. The van der Waals surface area contributed by atoms with Crippen LogP contribution in [0, 0.1) is 6.92 Å². The van der Waals surface area contributed by atoms with Crippen LogP contribution in [0.4, 0.5) is 0 Å². The second-order valence-corrected chi connectivity index (χ2v) is 5.66. The molecule has 0 aliphatic heterocycles. The molecule has 0 bridgehead atoms. The Hall–Kier alpha value is -1.55. The molecule has 4 nitrogen and oxygen atoms in total. The Morgan fingerprint density at radius 2 is 2.11 bits per heavy atom. The number of nitrogens with zero attached hydrogens (tertiary/aromatic N) is 1. The van der Waals surface area contributed by atoms with Gasteiger partial charge in [-0.05, 0) is 64.0 Å². The van der Waals surface area contributed by atoms with Crippen LogP contribution < -0.4 is 5.32 Å². The molecule has 1 aromatic carbocycles. The lowest BCUT2D eigenvalue weighted by Gasteiger charge is -2.47. The fourth-order valence-electron chi connectivity index (χ4n) is 2.51. The van der Waals surface area contributed by atoms with Gasteiger partial charge in [-0.3, -0.25) is 4.79 Å². The number of phenols is 1. The number of carbonyl (C=O) groups excluding carboxylic acids is 1. The second-order valence-electron chi connectivity index (χ2n) is 5.66. The lowest BCUT2D eigenvalue weighted by molar-refractivity contribution is 0.0557. The van der Waals surface area contributed by atoms with Gasteiger partial charge in [0.05, 0.1) is 0 Å². The highest BCUT2D eigenvalue weighted by Gasteiger charge is 2.39. The molecule has 1 amide bonds. The van der Waals surface area contributed by atoms with Gasteiger partial charge in [-0.15, -0.1) is 0 Å². The van der Waals surface area contributed by atoms with Crippen LogP contribution in [0.3, 0.4) is 0 Å². The predicted octanol–water partition coefficient (Wildman–Crippen LogP) is 1.91. The largest absolute Gasteiger partial charge is 0.508 e. The minimum atomic E-state index is -0.0729. The van der Waals surface area contributed by atoms with Crippen LogP contribution >= 0.6 is 0 Å². The number of benzene rings is 1. The summed E-state index contributed by atoms with van der Waals surface area (Å²) in [4.78, 5) is 14.3. The van der Waals surface area contributed by atoms with Gasteiger partial charge in [-0.2, -0.15) is 0 Å². The molecule has 0 heterocycles. The van der Waals surface area contributed by atoms with E-state index >= 15 is 0 Å². The highest BCUT2D eigenvalue weighted by atomic mass is 16.3. The molecule has 0 radical (unpaired) electrons. The maximum Gasteiger partial charge on any atom is 0.251 e. The van der Waals surface area contributed by atoms with Crippen LogP contribution in [0.2, 0.25) is 0 Å². The van der Waals surface area contributed by atoms with Gasteiger partial charge in [-0.1, -0.05) is 0 Å². The summed E-state index contributed by atoms with van der Waals surface area (Å²) < 4.78 is 0. The van der Waals surface area contributed by atoms with Crippen molar-refractivity contribution in [2.45, 2.75) is 31.7 Å². The van der Waals surface area contributed by atoms with E-state index in [0.717, 1.165) is 18.4 Å². The zero-order valence-corrected chi connectivity index (χ0v) is 11.9. The van der Waals surface area contributed by atoms with Crippen LogP contribution in [-0.4, -0.2) is 42.1 Å². The fraction of sp³-hybridized carbons (Fsp3) is 0.533. The molecule has 0 unspecified atom stereocenters. The van der Waals surface area contributed by atoms with E-state index in [1.165, 1.54) is 6.42 Å². The summed E-state index contributed by atoms with van der Waals surface area (Å²) in [6.07, 6.45) is 3.50. The number of likely N-dealkylation sites (N-methyl/N-ethyl adjacent to an activating group) is 1. The number of aryl methyl sites for hydroxylation is 1. The molecule has 1 saturated carbocycles. The van der Waals surface area contributed by atoms with Crippen molar-refractivity contribution < 1.29 is 9.90 Å². The molecule has 104 valence electrons. The first-order valence-electron chi connectivity index (χ1n) is 6.70. The van der Waals surface area contributed by atoms with E-state index < -0.39 is 0 Å². The lowest BCUT2D eigenvalue weighted by Crippen LogP contribution is -2.57. The van der Waals surface area contributed by atoms with Crippen LogP contribution in [-0.2, 0) is 0 Å². The van der Waals surface area contributed by atoms with Gasteiger partial charge in [0.1, 0.15) is 5.75 Å². The zero-order chi connectivity index (χ0) is 14.0. The smallest absolute Gasteiger partial charge is 0.251 e. The first-order chi connectivity index (χ1) is 8.94. The van der Waals surface area contributed by atoms with Crippen molar-refractivity contribution in [2.75, 3.05) is 20.6 Å². The van der Waals surface area contributed by atoms with Crippen molar-refractivity contribution >= 4 is 5.91 Å². The molecule has 2 N–H and O–H groups in total. The molecule has 0 aromatic heterocycles. The molecule has 0 saturated heterocycles. The lowest BCUT2D eigenvalue weighted by atomic mass is 9.75. The maximum atomic E-state index is 12.1. The van der Waals surface area contributed by atoms with Crippen molar-refractivity contribution in [3.8, 4) is 5.75 Å². The Morgan fingerprint density at radius 1 is 1.42 bits per heavy atom. The number of phenolic OH excluding ortho intramolecular Hbond substituents is 1. The molecule has 4 heteroatoms. The van der Waals surface area contributed by atoms with E-state index in [1.807, 2.05) is 0 Å². The van der Waals surface area contributed by atoms with Crippen LogP contribution in [0.1, 0.15) is 35.2 Å². The van der Waals surface area contributed by atoms with Crippen LogP contribution in [0.25, 0.3) is 0 Å². The average Bonchev–Trinajstić information content (AvgIpc) is 2.30. The van der Waals surface area contributed by atoms with E-state index in [2.05, 4.69) is 24.3 Å². The van der Waals surface area contributed by atoms with Gasteiger partial charge in [0.15, 0.2) is 0 Å². The van der Waals surface area contributed by atoms with Gasteiger partial charge in [0.25, 0.3) is 5.91 Å². The number of aromatic hydroxyl groups is 1. The minimum Gasteiger partial charge on any atom is -0.508 e. The van der Waals surface area contributed by atoms with E-state index in [9.17, 15) is 9.90 Å². The molecule has 1 aliphatic carbocycles. The molecule has 0 atom stereocenters. The van der Waals surface area contributed by atoms with Gasteiger partial charge in [0, 0.05) is 17.6 Å². The number of amides is 1. The Kier molecular flexibility index (Phi) is 3.80. The Bertz CT molecular complexity index is 479. The summed E-state index contributed by atoms with van der Waals surface area (Å²) in [5.74, 6) is 0.150. The first-order valence-corrected chi connectivity index (χ1v) is 6.70. The molecule has 0 spiro atoms. The Morgan fingerprint density at radius 3 is 2.58 bits per heavy atom. The Balaban J connectivity index is 1.99. The van der Waals surface area contributed by atoms with Gasteiger partial charge in [-0.25, -0.2) is 0 Å². The van der Waals surface area contributed by atoms with Gasteiger partial charge >= 0.3 is 0 Å².